The first-order chi connectivity index (χ1) is 18.5. The maximum absolute atomic E-state index is 12.7. The summed E-state index contributed by atoms with van der Waals surface area (Å²) in [4.78, 5) is 34.7. The van der Waals surface area contributed by atoms with Crippen molar-refractivity contribution in [2.24, 2.45) is 4.99 Å². The molecule has 3 aromatic rings. The van der Waals surface area contributed by atoms with Crippen LogP contribution in [0, 0.1) is 0 Å². The van der Waals surface area contributed by atoms with Crippen LogP contribution in [0.5, 0.6) is 11.5 Å². The third-order valence-corrected chi connectivity index (χ3v) is 8.02. The van der Waals surface area contributed by atoms with Gasteiger partial charge in [0, 0.05) is 37.2 Å². The fraction of sp³-hybridized carbons (Fsp3) is 0.207. The predicted octanol–water partition coefficient (Wildman–Crippen LogP) is 5.47. The zero-order chi connectivity index (χ0) is 26.5. The fourth-order valence-corrected chi connectivity index (χ4v) is 5.67. The van der Waals surface area contributed by atoms with Crippen molar-refractivity contribution >= 4 is 50.8 Å². The molecule has 9 heteroatoms. The van der Waals surface area contributed by atoms with Gasteiger partial charge in [0.05, 0.1) is 17.6 Å². The lowest BCUT2D eigenvalue weighted by Gasteiger charge is -2.35. The van der Waals surface area contributed by atoms with E-state index in [0.717, 1.165) is 43.5 Å². The van der Waals surface area contributed by atoms with E-state index in [1.807, 2.05) is 12.1 Å². The number of piperazine rings is 1. The first kappa shape index (κ1) is 26.2. The largest absolute Gasteiger partial charge is 0.493 e. The van der Waals surface area contributed by atoms with Crippen LogP contribution in [0.15, 0.2) is 87.2 Å². The van der Waals surface area contributed by atoms with Gasteiger partial charge in [-0.3, -0.25) is 9.69 Å². The van der Waals surface area contributed by atoms with Crippen LogP contribution in [-0.4, -0.2) is 60.1 Å². The minimum absolute atomic E-state index is 0.250. The molecule has 38 heavy (non-hydrogen) atoms. The Hall–Kier alpha value is -3.40. The summed E-state index contributed by atoms with van der Waals surface area (Å²) in [5, 5.41) is 0.742. The number of benzene rings is 3. The highest BCUT2D eigenvalue weighted by atomic mass is 79.9. The Kier molecular flexibility index (Phi) is 8.26. The quantitative estimate of drug-likeness (QED) is 0.214. The van der Waals surface area contributed by atoms with E-state index in [9.17, 15) is 9.59 Å². The van der Waals surface area contributed by atoms with Gasteiger partial charge in [0.1, 0.15) is 0 Å². The van der Waals surface area contributed by atoms with Crippen molar-refractivity contribution in [3.8, 4) is 11.5 Å². The number of amides is 1. The smallest absolute Gasteiger partial charge is 0.344 e. The molecule has 5 rings (SSSR count). The van der Waals surface area contributed by atoms with E-state index < -0.39 is 5.97 Å². The minimum atomic E-state index is -0.495. The van der Waals surface area contributed by atoms with Crippen molar-refractivity contribution in [3.05, 3.63) is 98.9 Å². The minimum Gasteiger partial charge on any atom is -0.493 e. The lowest BCUT2D eigenvalue weighted by atomic mass is 10.2. The standard InChI is InChI=1S/C29H26BrN3O4S/c1-36-25-17-21(11-12-24(25)37-28(35)22-9-5-6-10-23(22)30)18-26-27(34)31-29(38-26)33-15-13-32(14-16-33)19-20-7-3-2-4-8-20/h2-12,17-18H,13-16,19H2,1H3/b26-18+. The van der Waals surface area contributed by atoms with Crippen LogP contribution in [0.3, 0.4) is 0 Å². The molecule has 0 aliphatic carbocycles. The number of nitrogens with zero attached hydrogens (tertiary/aromatic N) is 3. The Labute approximate surface area is 234 Å². The van der Waals surface area contributed by atoms with Gasteiger partial charge in [-0.05, 0) is 69.2 Å². The topological polar surface area (TPSA) is 71.4 Å². The van der Waals surface area contributed by atoms with E-state index in [2.05, 4.69) is 55.0 Å². The fourth-order valence-electron chi connectivity index (χ4n) is 4.26. The molecule has 0 radical (unpaired) electrons. The predicted molar refractivity (Wildman–Crippen MR) is 153 cm³/mol. The monoisotopic (exact) mass is 591 g/mol. The number of ether oxygens (including phenoxy) is 2. The van der Waals surface area contributed by atoms with Gasteiger partial charge in [-0.1, -0.05) is 48.5 Å². The molecule has 1 fully saturated rings. The Balaban J connectivity index is 1.21. The van der Waals surface area contributed by atoms with E-state index in [1.165, 1.54) is 24.4 Å². The van der Waals surface area contributed by atoms with Crippen molar-refractivity contribution in [1.82, 2.24) is 9.80 Å². The van der Waals surface area contributed by atoms with Gasteiger partial charge in [0.2, 0.25) is 0 Å². The summed E-state index contributed by atoms with van der Waals surface area (Å²) in [6.07, 6.45) is 1.79. The van der Waals surface area contributed by atoms with Gasteiger partial charge in [0.25, 0.3) is 5.91 Å². The summed E-state index contributed by atoms with van der Waals surface area (Å²) in [5.74, 6) is -0.0533. The molecule has 1 amide bonds. The molecule has 194 valence electrons. The lowest BCUT2D eigenvalue weighted by Crippen LogP contribution is -2.47. The molecule has 2 aliphatic rings. The molecule has 0 atom stereocenters. The molecule has 3 aromatic carbocycles. The Morgan fingerprint density at radius 3 is 2.47 bits per heavy atom. The second kappa shape index (κ2) is 12.0. The number of carbonyl (C=O) groups is 2. The SMILES string of the molecule is COc1cc(/C=C2/SC(N3CCN(Cc4ccccc4)CC3)=NC2=O)ccc1OC(=O)c1ccccc1Br. The molecular weight excluding hydrogens is 566 g/mol. The summed E-state index contributed by atoms with van der Waals surface area (Å²) < 4.78 is 11.7. The van der Waals surface area contributed by atoms with Gasteiger partial charge in [-0.15, -0.1) is 0 Å². The summed E-state index contributed by atoms with van der Waals surface area (Å²) >= 11 is 4.76. The van der Waals surface area contributed by atoms with Gasteiger partial charge >= 0.3 is 5.97 Å². The van der Waals surface area contributed by atoms with Crippen molar-refractivity contribution in [2.75, 3.05) is 33.3 Å². The van der Waals surface area contributed by atoms with Gasteiger partial charge < -0.3 is 14.4 Å². The summed E-state index contributed by atoms with van der Waals surface area (Å²) in [7, 11) is 1.51. The number of halogens is 1. The van der Waals surface area contributed by atoms with E-state index in [0.29, 0.717) is 26.4 Å². The number of thioether (sulfide) groups is 1. The van der Waals surface area contributed by atoms with E-state index >= 15 is 0 Å². The molecular formula is C29H26BrN3O4S. The van der Waals surface area contributed by atoms with Crippen LogP contribution >= 0.6 is 27.7 Å². The van der Waals surface area contributed by atoms with E-state index in [1.54, 1.807) is 42.5 Å². The van der Waals surface area contributed by atoms with Gasteiger partial charge in [-0.25, -0.2) is 4.79 Å². The van der Waals surface area contributed by atoms with E-state index in [4.69, 9.17) is 9.47 Å². The maximum Gasteiger partial charge on any atom is 0.344 e. The molecule has 2 heterocycles. The third kappa shape index (κ3) is 6.18. The number of carbonyl (C=O) groups excluding carboxylic acids is 2. The van der Waals surface area contributed by atoms with Crippen LogP contribution in [0.1, 0.15) is 21.5 Å². The summed E-state index contributed by atoms with van der Waals surface area (Å²) in [6, 6.07) is 22.7. The van der Waals surface area contributed by atoms with E-state index in [-0.39, 0.29) is 5.91 Å². The summed E-state index contributed by atoms with van der Waals surface area (Å²) in [6.45, 7) is 4.40. The van der Waals surface area contributed by atoms with Crippen molar-refractivity contribution < 1.29 is 19.1 Å². The van der Waals surface area contributed by atoms with Crippen molar-refractivity contribution in [2.45, 2.75) is 6.54 Å². The first-order valence-electron chi connectivity index (χ1n) is 12.2. The Bertz CT molecular complexity index is 1400. The van der Waals surface area contributed by atoms with Crippen molar-refractivity contribution in [1.29, 1.82) is 0 Å². The number of amidine groups is 1. The molecule has 2 aliphatic heterocycles. The molecule has 0 N–H and O–H groups in total. The van der Waals surface area contributed by atoms with Crippen molar-refractivity contribution in [3.63, 3.8) is 0 Å². The molecule has 0 spiro atoms. The number of hydrogen-bond donors (Lipinski definition) is 0. The maximum atomic E-state index is 12.7. The number of rotatable bonds is 6. The molecule has 0 unspecified atom stereocenters. The molecule has 7 nitrogen and oxygen atoms in total. The van der Waals surface area contributed by atoms with Gasteiger partial charge in [0.15, 0.2) is 16.7 Å². The number of aliphatic imine (C=N–C) groups is 1. The highest BCUT2D eigenvalue weighted by Gasteiger charge is 2.28. The highest BCUT2D eigenvalue weighted by molar-refractivity contribution is 9.10. The van der Waals surface area contributed by atoms with Crippen LogP contribution in [0.4, 0.5) is 0 Å². The van der Waals surface area contributed by atoms with Crippen LogP contribution in [0.25, 0.3) is 6.08 Å². The van der Waals surface area contributed by atoms with Gasteiger partial charge in [-0.2, -0.15) is 4.99 Å². The highest BCUT2D eigenvalue weighted by Crippen LogP contribution is 2.34. The third-order valence-electron chi connectivity index (χ3n) is 6.28. The number of methoxy groups -OCH3 is 1. The Morgan fingerprint density at radius 2 is 1.74 bits per heavy atom. The van der Waals surface area contributed by atoms with Crippen LogP contribution in [0.2, 0.25) is 0 Å². The zero-order valence-electron chi connectivity index (χ0n) is 20.8. The molecule has 0 saturated carbocycles. The average Bonchev–Trinajstić information content (AvgIpc) is 3.30. The second-order valence-corrected chi connectivity index (χ2v) is 10.7. The number of hydrogen-bond acceptors (Lipinski definition) is 7. The summed E-state index contributed by atoms with van der Waals surface area (Å²) in [5.41, 5.74) is 2.47. The zero-order valence-corrected chi connectivity index (χ0v) is 23.2. The Morgan fingerprint density at radius 1 is 1.00 bits per heavy atom. The normalized spacial score (nSPS) is 17.0. The first-order valence-corrected chi connectivity index (χ1v) is 13.8. The molecule has 0 aromatic heterocycles. The van der Waals surface area contributed by atoms with Crippen LogP contribution in [-0.2, 0) is 11.3 Å². The molecule has 1 saturated heterocycles. The lowest BCUT2D eigenvalue weighted by molar-refractivity contribution is -0.113. The van der Waals surface area contributed by atoms with Crippen LogP contribution < -0.4 is 9.47 Å². The molecule has 0 bridgehead atoms. The number of esters is 1. The second-order valence-electron chi connectivity index (χ2n) is 8.84. The average molecular weight is 593 g/mol.